The maximum Gasteiger partial charge on any atom is 0.233 e. The van der Waals surface area contributed by atoms with Gasteiger partial charge in [0.05, 0.1) is 0 Å². The first-order chi connectivity index (χ1) is 5.77. The molecule has 4 heteroatoms. The fourth-order valence-corrected chi connectivity index (χ4v) is 0.922. The molecular weight excluding hydrogens is 170 g/mol. The van der Waals surface area contributed by atoms with Gasteiger partial charge >= 0.3 is 0 Å². The van der Waals surface area contributed by atoms with Gasteiger partial charge in [0.25, 0.3) is 0 Å². The van der Waals surface area contributed by atoms with Gasteiger partial charge in [-0.25, -0.2) is 9.98 Å². The van der Waals surface area contributed by atoms with Crippen molar-refractivity contribution >= 4 is 18.8 Å². The molecule has 1 heterocycles. The predicted octanol–water partition coefficient (Wildman–Crippen LogP) is 1.32. The van der Waals surface area contributed by atoms with Crippen LogP contribution in [-0.2, 0) is 0 Å². The molecule has 0 bridgehead atoms. The molecule has 0 aliphatic heterocycles. The van der Waals surface area contributed by atoms with Gasteiger partial charge in [-0.2, -0.15) is 0 Å². The third-order valence-electron chi connectivity index (χ3n) is 1.22. The molecule has 0 atom stereocenters. The topological polar surface area (TPSA) is 30.2 Å². The summed E-state index contributed by atoms with van der Waals surface area (Å²) in [6, 6.07) is 0. The van der Waals surface area contributed by atoms with E-state index in [1.54, 1.807) is 23.2 Å². The summed E-state index contributed by atoms with van der Waals surface area (Å²) >= 11 is 4.12. The second-order valence-corrected chi connectivity index (χ2v) is 2.53. The van der Waals surface area contributed by atoms with Gasteiger partial charge in [-0.1, -0.05) is 13.2 Å². The highest BCUT2D eigenvalue weighted by molar-refractivity contribution is 7.80. The van der Waals surface area contributed by atoms with Gasteiger partial charge in [0.2, 0.25) is 5.62 Å². The Hall–Kier alpha value is -1.29. The highest BCUT2D eigenvalue weighted by Crippen LogP contribution is 1.98. The van der Waals surface area contributed by atoms with Crippen LogP contribution < -0.4 is 5.62 Å². The summed E-state index contributed by atoms with van der Waals surface area (Å²) in [5, 5.41) is 0. The molecule has 0 N–H and O–H groups in total. The molecule has 62 valence electrons. The fraction of sp³-hybridized carbons (Fsp3) is 0. The lowest BCUT2D eigenvalue weighted by molar-refractivity contribution is 0.884. The van der Waals surface area contributed by atoms with Crippen molar-refractivity contribution in [2.45, 2.75) is 4.90 Å². The average molecular weight is 179 g/mol. The summed E-state index contributed by atoms with van der Waals surface area (Å²) in [6.07, 6.45) is 6.42. The smallest absolute Gasteiger partial charge is 0.233 e. The third-order valence-corrected chi connectivity index (χ3v) is 1.45. The van der Waals surface area contributed by atoms with Crippen LogP contribution in [0.15, 0.2) is 41.6 Å². The Bertz CT molecular complexity index is 365. The standard InChI is InChI=1S/C8H9N3S/c1-3-9-8-10-5-7(12)6-11(8)4-2/h3-6,12H,1-2H2/b9-8-. The van der Waals surface area contributed by atoms with Crippen molar-refractivity contribution in [2.75, 3.05) is 0 Å². The van der Waals surface area contributed by atoms with E-state index in [1.807, 2.05) is 0 Å². The van der Waals surface area contributed by atoms with Crippen LogP contribution in [0.1, 0.15) is 0 Å². The molecule has 0 radical (unpaired) electrons. The summed E-state index contributed by atoms with van der Waals surface area (Å²) in [6.45, 7) is 7.09. The van der Waals surface area contributed by atoms with Crippen molar-refractivity contribution in [3.63, 3.8) is 0 Å². The van der Waals surface area contributed by atoms with E-state index >= 15 is 0 Å². The van der Waals surface area contributed by atoms with Crippen LogP contribution in [0.3, 0.4) is 0 Å². The highest BCUT2D eigenvalue weighted by atomic mass is 32.1. The van der Waals surface area contributed by atoms with Crippen molar-refractivity contribution in [1.82, 2.24) is 9.55 Å². The lowest BCUT2D eigenvalue weighted by atomic mass is 10.6. The first-order valence-electron chi connectivity index (χ1n) is 3.32. The van der Waals surface area contributed by atoms with Crippen molar-refractivity contribution in [1.29, 1.82) is 0 Å². The largest absolute Gasteiger partial charge is 0.292 e. The van der Waals surface area contributed by atoms with Crippen LogP contribution in [0.5, 0.6) is 0 Å². The lowest BCUT2D eigenvalue weighted by Gasteiger charge is -1.98. The van der Waals surface area contributed by atoms with Crippen molar-refractivity contribution in [3.8, 4) is 0 Å². The van der Waals surface area contributed by atoms with Crippen LogP contribution in [0, 0.1) is 0 Å². The average Bonchev–Trinajstić information content (AvgIpc) is 2.08. The zero-order valence-corrected chi connectivity index (χ0v) is 7.41. The van der Waals surface area contributed by atoms with Gasteiger partial charge in [-0.15, -0.1) is 12.6 Å². The fourth-order valence-electron chi connectivity index (χ4n) is 0.740. The molecule has 0 fully saturated rings. The quantitative estimate of drug-likeness (QED) is 0.682. The third kappa shape index (κ3) is 1.85. The number of thiol groups is 1. The van der Waals surface area contributed by atoms with E-state index in [4.69, 9.17) is 0 Å². The minimum absolute atomic E-state index is 0.540. The van der Waals surface area contributed by atoms with E-state index < -0.39 is 0 Å². The van der Waals surface area contributed by atoms with Crippen molar-refractivity contribution in [2.24, 2.45) is 4.99 Å². The minimum atomic E-state index is 0.540. The van der Waals surface area contributed by atoms with E-state index in [2.05, 4.69) is 35.8 Å². The molecule has 0 spiro atoms. The maximum atomic E-state index is 4.12. The van der Waals surface area contributed by atoms with E-state index in [-0.39, 0.29) is 0 Å². The lowest BCUT2D eigenvalue weighted by Crippen LogP contribution is -2.19. The number of nitrogens with zero attached hydrogens (tertiary/aromatic N) is 3. The molecule has 0 aliphatic rings. The molecule has 12 heavy (non-hydrogen) atoms. The van der Waals surface area contributed by atoms with Crippen LogP contribution >= 0.6 is 12.6 Å². The number of hydrogen-bond acceptors (Lipinski definition) is 3. The zero-order chi connectivity index (χ0) is 8.97. The second-order valence-electron chi connectivity index (χ2n) is 2.01. The van der Waals surface area contributed by atoms with Gasteiger partial charge < -0.3 is 0 Å². The number of aromatic nitrogens is 2. The molecule has 3 nitrogen and oxygen atoms in total. The molecule has 1 aromatic rings. The monoisotopic (exact) mass is 179 g/mol. The van der Waals surface area contributed by atoms with E-state index in [0.717, 1.165) is 4.90 Å². The number of hydrogen-bond donors (Lipinski definition) is 1. The van der Waals surface area contributed by atoms with Gasteiger partial charge in [0.15, 0.2) is 0 Å². The van der Waals surface area contributed by atoms with E-state index in [1.165, 1.54) is 6.20 Å². The summed E-state index contributed by atoms with van der Waals surface area (Å²) in [4.78, 5) is 8.71. The Balaban J connectivity index is 3.39. The molecule has 0 aromatic carbocycles. The Morgan fingerprint density at radius 1 is 1.58 bits per heavy atom. The Morgan fingerprint density at radius 2 is 2.33 bits per heavy atom. The van der Waals surface area contributed by atoms with Crippen molar-refractivity contribution < 1.29 is 0 Å². The minimum Gasteiger partial charge on any atom is -0.292 e. The predicted molar refractivity (Wildman–Crippen MR) is 51.6 cm³/mol. The normalized spacial score (nSPS) is 11.2. The Labute approximate surface area is 76.2 Å². The molecule has 1 aromatic heterocycles. The highest BCUT2D eigenvalue weighted by Gasteiger charge is 1.89. The summed E-state index contributed by atoms with van der Waals surface area (Å²) in [5.41, 5.74) is 0.540. The molecule has 0 aliphatic carbocycles. The van der Waals surface area contributed by atoms with Crippen LogP contribution in [-0.4, -0.2) is 9.55 Å². The first-order valence-corrected chi connectivity index (χ1v) is 3.77. The summed E-state index contributed by atoms with van der Waals surface area (Å²) in [5.74, 6) is 0. The first kappa shape index (κ1) is 8.80. The van der Waals surface area contributed by atoms with Gasteiger partial charge in [0.1, 0.15) is 0 Å². The van der Waals surface area contributed by atoms with E-state index in [9.17, 15) is 0 Å². The van der Waals surface area contributed by atoms with Gasteiger partial charge in [-0.3, -0.25) is 4.57 Å². The molecule has 0 unspecified atom stereocenters. The molecular formula is C8H9N3S. The van der Waals surface area contributed by atoms with Crippen LogP contribution in [0.2, 0.25) is 0 Å². The van der Waals surface area contributed by atoms with Gasteiger partial charge in [0, 0.05) is 29.7 Å². The molecule has 0 saturated heterocycles. The van der Waals surface area contributed by atoms with E-state index in [0.29, 0.717) is 5.62 Å². The molecule has 0 saturated carbocycles. The summed E-state index contributed by atoms with van der Waals surface area (Å²) < 4.78 is 1.67. The van der Waals surface area contributed by atoms with Crippen LogP contribution in [0.4, 0.5) is 0 Å². The SMILES string of the molecule is C=C/N=c1/ncc(S)cn1C=C. The van der Waals surface area contributed by atoms with Gasteiger partial charge in [-0.05, 0) is 0 Å². The zero-order valence-electron chi connectivity index (χ0n) is 6.51. The molecule has 1 rings (SSSR count). The number of rotatable bonds is 2. The van der Waals surface area contributed by atoms with Crippen LogP contribution in [0.25, 0.3) is 6.20 Å². The van der Waals surface area contributed by atoms with Crippen molar-refractivity contribution in [3.05, 3.63) is 37.4 Å². The summed E-state index contributed by atoms with van der Waals surface area (Å²) in [7, 11) is 0. The second kappa shape index (κ2) is 3.92. The Kier molecular flexibility index (Phi) is 2.88. The Morgan fingerprint density at radius 3 is 2.92 bits per heavy atom. The molecule has 0 amide bonds. The maximum absolute atomic E-state index is 4.12.